The number of amides is 1. The van der Waals surface area contributed by atoms with Gasteiger partial charge in [-0.3, -0.25) is 4.79 Å². The minimum absolute atomic E-state index is 0.00148. The van der Waals surface area contributed by atoms with E-state index in [1.165, 1.54) is 24.3 Å². The Kier molecular flexibility index (Phi) is 5.62. The molecule has 0 fully saturated rings. The molecule has 1 N–H and O–H groups in total. The molecular formula is C18H14Cl2FN3O3. The number of benzene rings is 2. The van der Waals surface area contributed by atoms with Gasteiger partial charge in [-0.2, -0.15) is 4.68 Å². The van der Waals surface area contributed by atoms with Gasteiger partial charge in [0.15, 0.2) is 0 Å². The molecule has 6 nitrogen and oxygen atoms in total. The van der Waals surface area contributed by atoms with Crippen molar-refractivity contribution in [3.8, 4) is 11.5 Å². The fourth-order valence-corrected chi connectivity index (χ4v) is 3.04. The number of aromatic nitrogens is 2. The molecule has 27 heavy (non-hydrogen) atoms. The van der Waals surface area contributed by atoms with Crippen LogP contribution in [0.3, 0.4) is 0 Å². The summed E-state index contributed by atoms with van der Waals surface area (Å²) in [6.45, 7) is 1.42. The van der Waals surface area contributed by atoms with E-state index in [-0.39, 0.29) is 12.4 Å². The fraction of sp³-hybridized carbons (Fsp3) is 0.167. The van der Waals surface area contributed by atoms with Gasteiger partial charge in [-0.05, 0) is 48.9 Å². The van der Waals surface area contributed by atoms with Crippen molar-refractivity contribution in [1.29, 1.82) is 0 Å². The third-order valence-electron chi connectivity index (χ3n) is 3.80. The molecule has 0 saturated carbocycles. The topological polar surface area (TPSA) is 77.1 Å². The first kappa shape index (κ1) is 19.1. The minimum atomic E-state index is -0.790. The summed E-state index contributed by atoms with van der Waals surface area (Å²) in [6, 6.07) is 9.86. The number of rotatable bonds is 5. The summed E-state index contributed by atoms with van der Waals surface area (Å²) in [4.78, 5) is 24.2. The Labute approximate surface area is 163 Å². The van der Waals surface area contributed by atoms with E-state index in [1.807, 2.05) is 0 Å². The van der Waals surface area contributed by atoms with Crippen LogP contribution >= 0.6 is 23.2 Å². The lowest BCUT2D eigenvalue weighted by atomic mass is 10.1. The van der Waals surface area contributed by atoms with Crippen molar-refractivity contribution < 1.29 is 13.6 Å². The third-order valence-corrected chi connectivity index (χ3v) is 4.36. The molecule has 1 aromatic heterocycles. The van der Waals surface area contributed by atoms with Crippen LogP contribution in [0.5, 0.6) is 0 Å². The molecule has 3 rings (SSSR count). The van der Waals surface area contributed by atoms with E-state index in [0.29, 0.717) is 21.2 Å². The summed E-state index contributed by atoms with van der Waals surface area (Å²) >= 11 is 12.0. The molecule has 0 saturated heterocycles. The van der Waals surface area contributed by atoms with Crippen LogP contribution in [0, 0.1) is 5.82 Å². The highest BCUT2D eigenvalue weighted by atomic mass is 35.5. The number of carbonyl (C=O) groups excluding carboxylic acids is 1. The maximum Gasteiger partial charge on any atom is 0.437 e. The van der Waals surface area contributed by atoms with Gasteiger partial charge in [0.2, 0.25) is 11.8 Å². The quantitative estimate of drug-likeness (QED) is 0.694. The van der Waals surface area contributed by atoms with Crippen LogP contribution in [0.15, 0.2) is 51.7 Å². The highest BCUT2D eigenvalue weighted by Crippen LogP contribution is 2.26. The minimum Gasteiger partial charge on any atom is -0.388 e. The van der Waals surface area contributed by atoms with Gasteiger partial charge in [0.05, 0.1) is 6.04 Å². The van der Waals surface area contributed by atoms with Gasteiger partial charge in [0, 0.05) is 15.6 Å². The lowest BCUT2D eigenvalue weighted by molar-refractivity contribution is -0.122. The molecule has 1 heterocycles. The molecule has 2 aromatic carbocycles. The standard InChI is InChI=1S/C18H14Cl2FN3O3/c1-10(14-7-4-12(19)8-15(14)20)22-16(25)9-24-18(26)27-17(23-24)11-2-5-13(21)6-3-11/h2-8,10H,9H2,1H3,(H,22,25)/t10-/m0/s1. The molecule has 3 aromatic rings. The first-order chi connectivity index (χ1) is 12.8. The van der Waals surface area contributed by atoms with Crippen molar-refractivity contribution in [2.75, 3.05) is 0 Å². The van der Waals surface area contributed by atoms with E-state index >= 15 is 0 Å². The Bertz CT molecular complexity index is 1030. The summed E-state index contributed by atoms with van der Waals surface area (Å²) in [7, 11) is 0. The van der Waals surface area contributed by atoms with Gasteiger partial charge in [0.25, 0.3) is 0 Å². The zero-order valence-electron chi connectivity index (χ0n) is 14.1. The second-order valence-electron chi connectivity index (χ2n) is 5.79. The number of halogens is 3. The fourth-order valence-electron chi connectivity index (χ4n) is 2.47. The lowest BCUT2D eigenvalue weighted by Gasteiger charge is -2.15. The molecular weight excluding hydrogens is 396 g/mol. The number of nitrogens with zero attached hydrogens (tertiary/aromatic N) is 2. The average molecular weight is 410 g/mol. The molecule has 0 bridgehead atoms. The molecule has 0 aliphatic carbocycles. The molecule has 140 valence electrons. The van der Waals surface area contributed by atoms with Crippen LogP contribution in [0.25, 0.3) is 11.5 Å². The van der Waals surface area contributed by atoms with E-state index in [9.17, 15) is 14.0 Å². The van der Waals surface area contributed by atoms with Crippen molar-refractivity contribution >= 4 is 29.1 Å². The van der Waals surface area contributed by atoms with Crippen LogP contribution in [-0.4, -0.2) is 15.7 Å². The Morgan fingerprint density at radius 1 is 1.26 bits per heavy atom. The summed E-state index contributed by atoms with van der Waals surface area (Å²) in [6.07, 6.45) is 0. The summed E-state index contributed by atoms with van der Waals surface area (Å²) in [5.74, 6) is -1.66. The van der Waals surface area contributed by atoms with Gasteiger partial charge in [-0.1, -0.05) is 29.3 Å². The SMILES string of the molecule is C[C@H](NC(=O)Cn1nc(-c2ccc(F)cc2)oc1=O)c1ccc(Cl)cc1Cl. The van der Waals surface area contributed by atoms with Crippen LogP contribution in [0.4, 0.5) is 4.39 Å². The molecule has 1 amide bonds. The number of hydrogen-bond acceptors (Lipinski definition) is 4. The second-order valence-corrected chi connectivity index (χ2v) is 6.64. The van der Waals surface area contributed by atoms with E-state index in [2.05, 4.69) is 10.4 Å². The number of carbonyl (C=O) groups is 1. The predicted molar refractivity (Wildman–Crippen MR) is 99.2 cm³/mol. The average Bonchev–Trinajstić information content (AvgIpc) is 2.95. The van der Waals surface area contributed by atoms with Crippen molar-refractivity contribution in [2.24, 2.45) is 0 Å². The van der Waals surface area contributed by atoms with Crippen molar-refractivity contribution in [3.63, 3.8) is 0 Å². The lowest BCUT2D eigenvalue weighted by Crippen LogP contribution is -2.33. The van der Waals surface area contributed by atoms with Gasteiger partial charge >= 0.3 is 5.76 Å². The molecule has 0 aliphatic heterocycles. The normalized spacial score (nSPS) is 12.0. The van der Waals surface area contributed by atoms with Crippen LogP contribution in [0.1, 0.15) is 18.5 Å². The maximum absolute atomic E-state index is 13.0. The smallest absolute Gasteiger partial charge is 0.388 e. The third kappa shape index (κ3) is 4.56. The second kappa shape index (κ2) is 7.94. The molecule has 0 radical (unpaired) electrons. The van der Waals surface area contributed by atoms with Gasteiger partial charge in [-0.25, -0.2) is 9.18 Å². The van der Waals surface area contributed by atoms with Crippen LogP contribution in [0.2, 0.25) is 10.0 Å². The van der Waals surface area contributed by atoms with Crippen molar-refractivity contribution in [2.45, 2.75) is 19.5 Å². The molecule has 1 atom stereocenters. The van der Waals surface area contributed by atoms with Crippen molar-refractivity contribution in [3.05, 3.63) is 74.4 Å². The largest absolute Gasteiger partial charge is 0.437 e. The predicted octanol–water partition coefficient (Wildman–Crippen LogP) is 3.83. The van der Waals surface area contributed by atoms with Crippen LogP contribution in [-0.2, 0) is 11.3 Å². The van der Waals surface area contributed by atoms with E-state index in [1.54, 1.807) is 25.1 Å². The van der Waals surface area contributed by atoms with Crippen molar-refractivity contribution in [1.82, 2.24) is 15.1 Å². The molecule has 9 heteroatoms. The van der Waals surface area contributed by atoms with E-state index < -0.39 is 23.5 Å². The van der Waals surface area contributed by atoms with Gasteiger partial charge in [0.1, 0.15) is 12.4 Å². The summed E-state index contributed by atoms with van der Waals surface area (Å²) in [5, 5.41) is 7.61. The highest BCUT2D eigenvalue weighted by molar-refractivity contribution is 6.35. The number of nitrogens with one attached hydrogen (secondary N) is 1. The van der Waals surface area contributed by atoms with E-state index in [4.69, 9.17) is 27.6 Å². The monoisotopic (exact) mass is 409 g/mol. The Morgan fingerprint density at radius 2 is 1.96 bits per heavy atom. The van der Waals surface area contributed by atoms with E-state index in [0.717, 1.165) is 4.68 Å². The molecule has 0 aliphatic rings. The summed E-state index contributed by atoms with van der Waals surface area (Å²) < 4.78 is 18.9. The highest BCUT2D eigenvalue weighted by Gasteiger charge is 2.17. The van der Waals surface area contributed by atoms with Crippen LogP contribution < -0.4 is 11.1 Å². The number of hydrogen-bond donors (Lipinski definition) is 1. The maximum atomic E-state index is 13.0. The Morgan fingerprint density at radius 3 is 2.63 bits per heavy atom. The zero-order chi connectivity index (χ0) is 19.6. The zero-order valence-corrected chi connectivity index (χ0v) is 15.6. The Balaban J connectivity index is 1.71. The first-order valence-electron chi connectivity index (χ1n) is 7.91. The summed E-state index contributed by atoms with van der Waals surface area (Å²) in [5.41, 5.74) is 1.11. The van der Waals surface area contributed by atoms with Gasteiger partial charge < -0.3 is 9.73 Å². The first-order valence-corrected chi connectivity index (χ1v) is 8.67. The van der Waals surface area contributed by atoms with Gasteiger partial charge in [-0.15, -0.1) is 5.10 Å². The Hall–Kier alpha value is -2.64. The molecule has 0 spiro atoms. The molecule has 0 unspecified atom stereocenters.